The minimum Gasteiger partial charge on any atom is -0.386 e. The van der Waals surface area contributed by atoms with Gasteiger partial charge in [0.05, 0.1) is 6.61 Å². The zero-order chi connectivity index (χ0) is 12.3. The summed E-state index contributed by atoms with van der Waals surface area (Å²) < 4.78 is 0. The van der Waals surface area contributed by atoms with Gasteiger partial charge in [0.15, 0.2) is 0 Å². The molecule has 3 heteroatoms. The van der Waals surface area contributed by atoms with E-state index in [2.05, 4.69) is 31.7 Å². The molecule has 0 heterocycles. The topological polar surface area (TPSA) is 55.5 Å². The molecule has 0 aromatic heterocycles. The van der Waals surface area contributed by atoms with Crippen molar-refractivity contribution in [2.75, 3.05) is 6.61 Å². The molecule has 0 fully saturated rings. The number of aliphatic hydroxyl groups excluding tert-OH is 1. The Morgan fingerprint density at radius 2 is 2.00 bits per heavy atom. The Hall–Kier alpha value is -0.900. The van der Waals surface area contributed by atoms with Crippen LogP contribution >= 0.6 is 0 Å². The van der Waals surface area contributed by atoms with E-state index in [4.69, 9.17) is 5.90 Å². The zero-order valence-electron chi connectivity index (χ0n) is 10.4. The minimum atomic E-state index is -0.660. The predicted molar refractivity (Wildman–Crippen MR) is 65.0 cm³/mol. The Balaban J connectivity index is 3.09. The van der Waals surface area contributed by atoms with Crippen molar-refractivity contribution < 1.29 is 9.94 Å². The van der Waals surface area contributed by atoms with Gasteiger partial charge in [-0.05, 0) is 29.0 Å². The maximum Gasteiger partial charge on any atom is 0.105 e. The molecule has 0 aliphatic carbocycles. The summed E-state index contributed by atoms with van der Waals surface area (Å²) in [5, 5.41) is 9.89. The summed E-state index contributed by atoms with van der Waals surface area (Å²) in [4.78, 5) is 4.49. The van der Waals surface area contributed by atoms with Crippen molar-refractivity contribution in [2.45, 2.75) is 39.2 Å². The van der Waals surface area contributed by atoms with Crippen LogP contribution in [0.4, 0.5) is 0 Å². The van der Waals surface area contributed by atoms with Crippen LogP contribution in [-0.2, 0) is 10.3 Å². The number of nitrogens with two attached hydrogens (primary N) is 1. The molecule has 1 rings (SSSR count). The first-order valence-electron chi connectivity index (χ1n) is 5.47. The molecule has 16 heavy (non-hydrogen) atoms. The lowest BCUT2D eigenvalue weighted by Crippen LogP contribution is -2.15. The number of aryl methyl sites for hydroxylation is 1. The maximum absolute atomic E-state index is 9.89. The molecule has 0 saturated heterocycles. The molecule has 1 atom stereocenters. The van der Waals surface area contributed by atoms with Crippen LogP contribution in [0.25, 0.3) is 0 Å². The number of benzene rings is 1. The molecule has 1 aromatic rings. The second kappa shape index (κ2) is 4.95. The fourth-order valence-electron chi connectivity index (χ4n) is 1.65. The summed E-state index contributed by atoms with van der Waals surface area (Å²) in [6, 6.07) is 6.14. The van der Waals surface area contributed by atoms with Gasteiger partial charge in [0.2, 0.25) is 0 Å². The van der Waals surface area contributed by atoms with Crippen LogP contribution in [0.1, 0.15) is 43.6 Å². The molecule has 1 unspecified atom stereocenters. The van der Waals surface area contributed by atoms with E-state index in [1.54, 1.807) is 0 Å². The van der Waals surface area contributed by atoms with Crippen molar-refractivity contribution in [3.8, 4) is 0 Å². The number of hydrogen-bond acceptors (Lipinski definition) is 3. The fourth-order valence-corrected chi connectivity index (χ4v) is 1.65. The van der Waals surface area contributed by atoms with Gasteiger partial charge >= 0.3 is 0 Å². The van der Waals surface area contributed by atoms with Crippen molar-refractivity contribution in [3.05, 3.63) is 34.9 Å². The molecule has 90 valence electrons. The normalized spacial score (nSPS) is 13.9. The first kappa shape index (κ1) is 13.2. The lowest BCUT2D eigenvalue weighted by atomic mass is 9.84. The van der Waals surface area contributed by atoms with Gasteiger partial charge in [0.25, 0.3) is 0 Å². The average molecular weight is 223 g/mol. The van der Waals surface area contributed by atoms with Crippen LogP contribution < -0.4 is 5.90 Å². The summed E-state index contributed by atoms with van der Waals surface area (Å²) in [6.07, 6.45) is -0.660. The van der Waals surface area contributed by atoms with Gasteiger partial charge in [-0.3, -0.25) is 0 Å². The second-order valence-corrected chi connectivity index (χ2v) is 5.17. The first-order valence-corrected chi connectivity index (χ1v) is 5.47. The molecule has 0 spiro atoms. The van der Waals surface area contributed by atoms with Gasteiger partial charge in [-0.15, -0.1) is 0 Å². The number of hydrogen-bond donors (Lipinski definition) is 2. The monoisotopic (exact) mass is 223 g/mol. The van der Waals surface area contributed by atoms with Crippen LogP contribution in [0.2, 0.25) is 0 Å². The van der Waals surface area contributed by atoms with Crippen molar-refractivity contribution in [1.82, 2.24) is 0 Å². The summed E-state index contributed by atoms with van der Waals surface area (Å²) in [5.74, 6) is 4.98. The number of rotatable bonds is 3. The smallest absolute Gasteiger partial charge is 0.105 e. The van der Waals surface area contributed by atoms with Gasteiger partial charge in [0.1, 0.15) is 6.10 Å². The quantitative estimate of drug-likeness (QED) is 0.772. The van der Waals surface area contributed by atoms with E-state index in [1.165, 1.54) is 5.56 Å². The van der Waals surface area contributed by atoms with Gasteiger partial charge in [0, 0.05) is 0 Å². The standard InChI is InChI=1S/C13H21NO2/c1-9-5-6-10(13(2,3)4)7-11(9)12(15)8-16-14/h5-7,12,15H,8,14H2,1-4H3. The number of aliphatic hydroxyl groups is 1. The fraction of sp³-hybridized carbons (Fsp3) is 0.538. The van der Waals surface area contributed by atoms with E-state index in [0.717, 1.165) is 11.1 Å². The van der Waals surface area contributed by atoms with Crippen molar-refractivity contribution in [1.29, 1.82) is 0 Å². The highest BCUT2D eigenvalue weighted by Gasteiger charge is 2.17. The third kappa shape index (κ3) is 3.04. The molecule has 0 saturated carbocycles. The molecule has 0 amide bonds. The highest BCUT2D eigenvalue weighted by Crippen LogP contribution is 2.27. The average Bonchev–Trinajstić information content (AvgIpc) is 2.16. The summed E-state index contributed by atoms with van der Waals surface area (Å²) in [5.41, 5.74) is 3.21. The minimum absolute atomic E-state index is 0.0751. The highest BCUT2D eigenvalue weighted by molar-refractivity contribution is 5.35. The van der Waals surface area contributed by atoms with Gasteiger partial charge < -0.3 is 9.94 Å². The van der Waals surface area contributed by atoms with Gasteiger partial charge in [-0.2, -0.15) is 0 Å². The molecule has 0 radical (unpaired) electrons. The maximum atomic E-state index is 9.89. The summed E-state index contributed by atoms with van der Waals surface area (Å²) in [6.45, 7) is 8.53. The van der Waals surface area contributed by atoms with Crippen LogP contribution in [0.3, 0.4) is 0 Å². The third-order valence-corrected chi connectivity index (χ3v) is 2.76. The molecule has 3 nitrogen and oxygen atoms in total. The summed E-state index contributed by atoms with van der Waals surface area (Å²) >= 11 is 0. The Labute approximate surface area is 97.2 Å². The Morgan fingerprint density at radius 3 is 2.50 bits per heavy atom. The van der Waals surface area contributed by atoms with E-state index in [9.17, 15) is 5.11 Å². The lowest BCUT2D eigenvalue weighted by Gasteiger charge is -2.22. The SMILES string of the molecule is Cc1ccc(C(C)(C)C)cc1C(O)CON. The largest absolute Gasteiger partial charge is 0.386 e. The van der Waals surface area contributed by atoms with E-state index in [0.29, 0.717) is 0 Å². The van der Waals surface area contributed by atoms with Gasteiger partial charge in [-0.1, -0.05) is 39.0 Å². The van der Waals surface area contributed by atoms with Crippen LogP contribution in [0.5, 0.6) is 0 Å². The third-order valence-electron chi connectivity index (χ3n) is 2.76. The molecule has 1 aromatic carbocycles. The molecule has 0 aliphatic heterocycles. The predicted octanol–water partition coefficient (Wildman–Crippen LogP) is 2.22. The van der Waals surface area contributed by atoms with Crippen LogP contribution in [0, 0.1) is 6.92 Å². The van der Waals surface area contributed by atoms with Crippen LogP contribution in [-0.4, -0.2) is 11.7 Å². The Kier molecular flexibility index (Phi) is 4.08. The Bertz CT molecular complexity index is 355. The molecule has 0 aliphatic rings. The highest BCUT2D eigenvalue weighted by atomic mass is 16.6. The van der Waals surface area contributed by atoms with Crippen LogP contribution in [0.15, 0.2) is 18.2 Å². The first-order chi connectivity index (χ1) is 7.36. The van der Waals surface area contributed by atoms with Crippen molar-refractivity contribution in [3.63, 3.8) is 0 Å². The Morgan fingerprint density at radius 1 is 1.38 bits per heavy atom. The second-order valence-electron chi connectivity index (χ2n) is 5.17. The zero-order valence-corrected chi connectivity index (χ0v) is 10.4. The van der Waals surface area contributed by atoms with E-state index in [-0.39, 0.29) is 12.0 Å². The van der Waals surface area contributed by atoms with E-state index in [1.807, 2.05) is 19.1 Å². The van der Waals surface area contributed by atoms with Crippen molar-refractivity contribution >= 4 is 0 Å². The van der Waals surface area contributed by atoms with E-state index < -0.39 is 6.10 Å². The van der Waals surface area contributed by atoms with Gasteiger partial charge in [-0.25, -0.2) is 5.90 Å². The van der Waals surface area contributed by atoms with E-state index >= 15 is 0 Å². The lowest BCUT2D eigenvalue weighted by molar-refractivity contribution is 0.0355. The molecular formula is C13H21NO2. The summed E-state index contributed by atoms with van der Waals surface area (Å²) in [7, 11) is 0. The molecule has 0 bridgehead atoms. The molecular weight excluding hydrogens is 202 g/mol. The van der Waals surface area contributed by atoms with Crippen molar-refractivity contribution in [2.24, 2.45) is 5.90 Å². The molecule has 3 N–H and O–H groups in total.